The molecule has 2 aromatic carbocycles. The zero-order chi connectivity index (χ0) is 18.4. The minimum atomic E-state index is -0.349. The highest BCUT2D eigenvalue weighted by Crippen LogP contribution is 2.22. The molecule has 136 valence electrons. The van der Waals surface area contributed by atoms with Crippen molar-refractivity contribution in [1.82, 2.24) is 10.6 Å². The van der Waals surface area contributed by atoms with Crippen molar-refractivity contribution in [2.45, 2.75) is 18.5 Å². The molecule has 0 bridgehead atoms. The maximum absolute atomic E-state index is 12.3. The third kappa shape index (κ3) is 4.81. The van der Waals surface area contributed by atoms with Gasteiger partial charge in [-0.3, -0.25) is 9.59 Å². The van der Waals surface area contributed by atoms with Gasteiger partial charge < -0.3 is 26.4 Å². The van der Waals surface area contributed by atoms with Crippen LogP contribution in [0, 0.1) is 0 Å². The van der Waals surface area contributed by atoms with Gasteiger partial charge in [0.05, 0.1) is 12.6 Å². The molecule has 1 aliphatic heterocycles. The van der Waals surface area contributed by atoms with E-state index in [4.69, 9.17) is 10.5 Å². The Bertz CT molecular complexity index is 749. The number of nitrogens with two attached hydrogens (primary N) is 1. The molecule has 26 heavy (non-hydrogen) atoms. The molecular formula is C19H22N4O3. The summed E-state index contributed by atoms with van der Waals surface area (Å²) in [7, 11) is 0. The monoisotopic (exact) mass is 354 g/mol. The van der Waals surface area contributed by atoms with Crippen LogP contribution in [0.3, 0.4) is 0 Å². The van der Waals surface area contributed by atoms with Gasteiger partial charge in [0.15, 0.2) is 0 Å². The standard InChI is InChI=1S/C19H22N4O3/c20-11-18(24)22-14-10-17(21-12-14)19(25)23-13-6-8-16(9-7-13)26-15-4-2-1-3-5-15/h1-9,14,17,21H,10-12,20H2,(H,22,24)(H,23,25). The molecular weight excluding hydrogens is 332 g/mol. The molecule has 0 aromatic heterocycles. The molecule has 1 fully saturated rings. The molecule has 5 N–H and O–H groups in total. The first kappa shape index (κ1) is 17.9. The second kappa shape index (κ2) is 8.46. The SMILES string of the molecule is NCC(=O)NC1CNC(C(=O)Nc2ccc(Oc3ccccc3)cc2)C1. The lowest BCUT2D eigenvalue weighted by Crippen LogP contribution is -2.39. The van der Waals surface area contributed by atoms with E-state index in [9.17, 15) is 9.59 Å². The number of hydrogen-bond donors (Lipinski definition) is 4. The Labute approximate surface area is 151 Å². The molecule has 2 atom stereocenters. The van der Waals surface area contributed by atoms with E-state index < -0.39 is 0 Å². The molecule has 7 nitrogen and oxygen atoms in total. The van der Waals surface area contributed by atoms with Crippen molar-refractivity contribution in [3.05, 3.63) is 54.6 Å². The van der Waals surface area contributed by atoms with E-state index in [2.05, 4.69) is 16.0 Å². The van der Waals surface area contributed by atoms with Crippen LogP contribution >= 0.6 is 0 Å². The number of amides is 2. The van der Waals surface area contributed by atoms with Crippen LogP contribution in [-0.4, -0.2) is 37.0 Å². The van der Waals surface area contributed by atoms with Crippen molar-refractivity contribution in [2.75, 3.05) is 18.4 Å². The molecule has 7 heteroatoms. The number of benzene rings is 2. The molecule has 0 spiro atoms. The largest absolute Gasteiger partial charge is 0.457 e. The van der Waals surface area contributed by atoms with Gasteiger partial charge in [0, 0.05) is 18.3 Å². The summed E-state index contributed by atoms with van der Waals surface area (Å²) in [6.45, 7) is 0.498. The molecule has 0 aliphatic carbocycles. The van der Waals surface area contributed by atoms with Crippen LogP contribution in [0.2, 0.25) is 0 Å². The van der Waals surface area contributed by atoms with Gasteiger partial charge >= 0.3 is 0 Å². The Balaban J connectivity index is 1.51. The first-order chi connectivity index (χ1) is 12.6. The number of carbonyl (C=O) groups is 2. The van der Waals surface area contributed by atoms with Crippen molar-refractivity contribution in [1.29, 1.82) is 0 Å². The van der Waals surface area contributed by atoms with Gasteiger partial charge in [0.1, 0.15) is 11.5 Å². The van der Waals surface area contributed by atoms with Crippen LogP contribution < -0.4 is 26.4 Å². The van der Waals surface area contributed by atoms with Gasteiger partial charge in [-0.25, -0.2) is 0 Å². The summed E-state index contributed by atoms with van der Waals surface area (Å²) in [5.74, 6) is 1.10. The van der Waals surface area contributed by atoms with Crippen molar-refractivity contribution >= 4 is 17.5 Å². The topological polar surface area (TPSA) is 105 Å². The van der Waals surface area contributed by atoms with Crippen LogP contribution in [0.5, 0.6) is 11.5 Å². The molecule has 1 saturated heterocycles. The smallest absolute Gasteiger partial charge is 0.241 e. The molecule has 0 radical (unpaired) electrons. The second-order valence-corrected chi connectivity index (χ2v) is 6.09. The van der Waals surface area contributed by atoms with Crippen LogP contribution in [-0.2, 0) is 9.59 Å². The summed E-state index contributed by atoms with van der Waals surface area (Å²) in [6, 6.07) is 16.2. The predicted octanol–water partition coefficient (Wildman–Crippen LogP) is 1.22. The predicted molar refractivity (Wildman–Crippen MR) is 99.0 cm³/mol. The van der Waals surface area contributed by atoms with Crippen LogP contribution in [0.25, 0.3) is 0 Å². The van der Waals surface area contributed by atoms with Gasteiger partial charge in [-0.1, -0.05) is 18.2 Å². The Hall–Kier alpha value is -2.90. The highest BCUT2D eigenvalue weighted by molar-refractivity contribution is 5.95. The summed E-state index contributed by atoms with van der Waals surface area (Å²) in [5.41, 5.74) is 5.97. The zero-order valence-corrected chi connectivity index (χ0v) is 14.3. The lowest BCUT2D eigenvalue weighted by atomic mass is 10.1. The number of rotatable bonds is 6. The summed E-state index contributed by atoms with van der Waals surface area (Å²) in [6.07, 6.45) is 0.534. The Kier molecular flexibility index (Phi) is 5.83. The van der Waals surface area contributed by atoms with E-state index in [1.54, 1.807) is 24.3 Å². The lowest BCUT2D eigenvalue weighted by Gasteiger charge is -2.13. The normalized spacial score (nSPS) is 19.0. The molecule has 1 heterocycles. The van der Waals surface area contributed by atoms with E-state index >= 15 is 0 Å². The number of anilines is 1. The van der Waals surface area contributed by atoms with Crippen molar-refractivity contribution < 1.29 is 14.3 Å². The molecule has 3 rings (SSSR count). The highest BCUT2D eigenvalue weighted by atomic mass is 16.5. The zero-order valence-electron chi connectivity index (χ0n) is 14.3. The number of hydrogen-bond acceptors (Lipinski definition) is 5. The minimum absolute atomic E-state index is 0.0508. The van der Waals surface area contributed by atoms with E-state index in [-0.39, 0.29) is 30.4 Å². The Morgan fingerprint density at radius 2 is 1.77 bits per heavy atom. The van der Waals surface area contributed by atoms with Crippen molar-refractivity contribution in [3.8, 4) is 11.5 Å². The van der Waals surface area contributed by atoms with Crippen LogP contribution in [0.4, 0.5) is 5.69 Å². The maximum atomic E-state index is 12.3. The maximum Gasteiger partial charge on any atom is 0.241 e. The summed E-state index contributed by atoms with van der Waals surface area (Å²) < 4.78 is 5.72. The number of ether oxygens (including phenoxy) is 1. The summed E-state index contributed by atoms with van der Waals surface area (Å²) in [5, 5.41) is 8.76. The number of carbonyl (C=O) groups excluding carboxylic acids is 2. The molecule has 2 aromatic rings. The van der Waals surface area contributed by atoms with Crippen molar-refractivity contribution in [2.24, 2.45) is 5.73 Å². The third-order valence-electron chi connectivity index (χ3n) is 4.10. The van der Waals surface area contributed by atoms with Gasteiger partial charge in [-0.15, -0.1) is 0 Å². The fraction of sp³-hybridized carbons (Fsp3) is 0.263. The molecule has 2 unspecified atom stereocenters. The van der Waals surface area contributed by atoms with E-state index in [0.717, 1.165) is 5.75 Å². The average molecular weight is 354 g/mol. The fourth-order valence-electron chi connectivity index (χ4n) is 2.79. The second-order valence-electron chi connectivity index (χ2n) is 6.09. The third-order valence-corrected chi connectivity index (χ3v) is 4.10. The average Bonchev–Trinajstić information content (AvgIpc) is 3.12. The summed E-state index contributed by atoms with van der Waals surface area (Å²) in [4.78, 5) is 23.7. The summed E-state index contributed by atoms with van der Waals surface area (Å²) >= 11 is 0. The molecule has 0 saturated carbocycles. The van der Waals surface area contributed by atoms with Gasteiger partial charge in [0.2, 0.25) is 11.8 Å². The quantitative estimate of drug-likeness (QED) is 0.624. The van der Waals surface area contributed by atoms with Crippen LogP contribution in [0.1, 0.15) is 6.42 Å². The van der Waals surface area contributed by atoms with Gasteiger partial charge in [-0.2, -0.15) is 0 Å². The fourth-order valence-corrected chi connectivity index (χ4v) is 2.79. The Morgan fingerprint density at radius 3 is 2.46 bits per heavy atom. The Morgan fingerprint density at radius 1 is 1.08 bits per heavy atom. The molecule has 1 aliphatic rings. The lowest BCUT2D eigenvalue weighted by molar-refractivity contribution is -0.121. The van der Waals surface area contributed by atoms with E-state index in [1.807, 2.05) is 30.3 Å². The number of nitrogens with one attached hydrogen (secondary N) is 3. The van der Waals surface area contributed by atoms with Gasteiger partial charge in [-0.05, 0) is 42.8 Å². The molecule has 2 amide bonds. The minimum Gasteiger partial charge on any atom is -0.457 e. The number of para-hydroxylation sites is 1. The van der Waals surface area contributed by atoms with E-state index in [1.165, 1.54) is 0 Å². The van der Waals surface area contributed by atoms with Gasteiger partial charge in [0.25, 0.3) is 0 Å². The van der Waals surface area contributed by atoms with Crippen molar-refractivity contribution in [3.63, 3.8) is 0 Å². The highest BCUT2D eigenvalue weighted by Gasteiger charge is 2.30. The van der Waals surface area contributed by atoms with E-state index in [0.29, 0.717) is 24.4 Å². The first-order valence-electron chi connectivity index (χ1n) is 8.50. The van der Waals surface area contributed by atoms with Crippen LogP contribution in [0.15, 0.2) is 54.6 Å². The first-order valence-corrected chi connectivity index (χ1v) is 8.50.